The number of hydrogen-bond acceptors (Lipinski definition) is 4. The second-order valence-electron chi connectivity index (χ2n) is 3.65. The quantitative estimate of drug-likeness (QED) is 0.663. The largest absolute Gasteiger partial charge is 0.468 e. The van der Waals surface area contributed by atoms with Crippen molar-refractivity contribution in [2.45, 2.75) is 39.3 Å². The maximum Gasteiger partial charge on any atom is 0.325 e. The summed E-state index contributed by atoms with van der Waals surface area (Å²) >= 11 is 0. The molecule has 0 aromatic carbocycles. The van der Waals surface area contributed by atoms with Crippen LogP contribution in [0.15, 0.2) is 0 Å². The molecule has 5 heteroatoms. The summed E-state index contributed by atoms with van der Waals surface area (Å²) in [5.41, 5.74) is 5.63. The smallest absolute Gasteiger partial charge is 0.325 e. The molecule has 88 valence electrons. The van der Waals surface area contributed by atoms with Crippen molar-refractivity contribution in [3.8, 4) is 0 Å². The molecular weight excluding hydrogens is 196 g/mol. The lowest BCUT2D eigenvalue weighted by molar-refractivity contribution is -0.148. The van der Waals surface area contributed by atoms with Crippen LogP contribution < -0.4 is 5.73 Å². The molecule has 0 fully saturated rings. The van der Waals surface area contributed by atoms with E-state index in [1.165, 1.54) is 12.0 Å². The predicted molar refractivity (Wildman–Crippen MR) is 57.1 cm³/mol. The van der Waals surface area contributed by atoms with Gasteiger partial charge in [0.25, 0.3) is 0 Å². The van der Waals surface area contributed by atoms with Crippen LogP contribution in [-0.4, -0.2) is 42.5 Å². The average molecular weight is 216 g/mol. The van der Waals surface area contributed by atoms with Crippen molar-refractivity contribution >= 4 is 11.9 Å². The van der Waals surface area contributed by atoms with Gasteiger partial charge in [0.15, 0.2) is 0 Å². The number of carbonyl (C=O) groups is 2. The fourth-order valence-corrected chi connectivity index (χ4v) is 1.11. The van der Waals surface area contributed by atoms with Crippen LogP contribution in [0.3, 0.4) is 0 Å². The highest BCUT2D eigenvalue weighted by Crippen LogP contribution is 2.03. The van der Waals surface area contributed by atoms with Crippen molar-refractivity contribution in [2.75, 3.05) is 13.7 Å². The number of methoxy groups -OCH3 is 1. The summed E-state index contributed by atoms with van der Waals surface area (Å²) in [6.45, 7) is 5.46. The number of carbonyl (C=O) groups excluding carboxylic acids is 2. The summed E-state index contributed by atoms with van der Waals surface area (Å²) in [7, 11) is 1.30. The van der Waals surface area contributed by atoms with Crippen molar-refractivity contribution in [3.05, 3.63) is 0 Å². The number of amides is 1. The molecule has 0 radical (unpaired) electrons. The van der Waals surface area contributed by atoms with Crippen molar-refractivity contribution in [1.82, 2.24) is 4.90 Å². The lowest BCUT2D eigenvalue weighted by Crippen LogP contribution is -2.48. The maximum absolute atomic E-state index is 11.8. The predicted octanol–water partition coefficient (Wildman–Crippen LogP) is 0.134. The van der Waals surface area contributed by atoms with Gasteiger partial charge in [-0.25, -0.2) is 0 Å². The van der Waals surface area contributed by atoms with Gasteiger partial charge in [-0.15, -0.1) is 0 Å². The van der Waals surface area contributed by atoms with E-state index in [2.05, 4.69) is 4.74 Å². The molecule has 0 spiro atoms. The number of esters is 1. The van der Waals surface area contributed by atoms with E-state index in [0.717, 1.165) is 0 Å². The first-order valence-electron chi connectivity index (χ1n) is 5.06. The van der Waals surface area contributed by atoms with Crippen LogP contribution in [0, 0.1) is 0 Å². The van der Waals surface area contributed by atoms with Gasteiger partial charge in [-0.1, -0.05) is 6.92 Å². The van der Waals surface area contributed by atoms with Crippen molar-refractivity contribution in [2.24, 2.45) is 5.73 Å². The first kappa shape index (κ1) is 13.9. The molecule has 0 aliphatic rings. The summed E-state index contributed by atoms with van der Waals surface area (Å²) in [6.07, 6.45) is 0.559. The van der Waals surface area contributed by atoms with E-state index in [1.807, 2.05) is 20.8 Å². The number of nitrogens with zero attached hydrogens (tertiary/aromatic N) is 1. The minimum absolute atomic E-state index is 0.0410. The lowest BCUT2D eigenvalue weighted by atomic mass is 10.2. The van der Waals surface area contributed by atoms with Gasteiger partial charge >= 0.3 is 5.97 Å². The minimum Gasteiger partial charge on any atom is -0.468 e. The Morgan fingerprint density at radius 3 is 2.27 bits per heavy atom. The van der Waals surface area contributed by atoms with Crippen LogP contribution in [0.2, 0.25) is 0 Å². The van der Waals surface area contributed by atoms with Gasteiger partial charge in [0.05, 0.1) is 13.2 Å². The van der Waals surface area contributed by atoms with Crippen LogP contribution in [0.5, 0.6) is 0 Å². The first-order chi connectivity index (χ1) is 6.93. The second kappa shape index (κ2) is 6.40. The fraction of sp³-hybridized carbons (Fsp3) is 0.800. The molecule has 1 atom stereocenters. The zero-order chi connectivity index (χ0) is 12.0. The third kappa shape index (κ3) is 4.29. The van der Waals surface area contributed by atoms with E-state index >= 15 is 0 Å². The van der Waals surface area contributed by atoms with Crippen LogP contribution in [0.4, 0.5) is 0 Å². The number of hydrogen-bond donors (Lipinski definition) is 1. The Morgan fingerprint density at radius 2 is 1.93 bits per heavy atom. The Kier molecular flexibility index (Phi) is 5.93. The SMILES string of the molecule is CC[C@@H](N)C(=O)N(CC(=O)OC)C(C)C. The monoisotopic (exact) mass is 216 g/mol. The molecule has 0 aromatic rings. The molecule has 0 bridgehead atoms. The van der Waals surface area contributed by atoms with Crippen LogP contribution in [-0.2, 0) is 14.3 Å². The summed E-state index contributed by atoms with van der Waals surface area (Å²) in [6, 6.07) is -0.605. The molecule has 0 saturated heterocycles. The number of nitrogens with two attached hydrogens (primary N) is 1. The van der Waals surface area contributed by atoms with Gasteiger partial charge in [0.1, 0.15) is 6.54 Å². The molecule has 1 amide bonds. The van der Waals surface area contributed by atoms with Crippen LogP contribution >= 0.6 is 0 Å². The Hall–Kier alpha value is -1.10. The molecular formula is C10H20N2O3. The van der Waals surface area contributed by atoms with Gasteiger partial charge in [-0.3, -0.25) is 9.59 Å². The molecule has 0 aliphatic heterocycles. The van der Waals surface area contributed by atoms with E-state index < -0.39 is 12.0 Å². The Morgan fingerprint density at radius 1 is 1.40 bits per heavy atom. The van der Waals surface area contributed by atoms with E-state index in [-0.39, 0.29) is 18.5 Å². The summed E-state index contributed by atoms with van der Waals surface area (Å²) in [5, 5.41) is 0. The standard InChI is InChI=1S/C10H20N2O3/c1-5-8(11)10(14)12(7(2)3)6-9(13)15-4/h7-8H,5-6,11H2,1-4H3/t8-/m1/s1. The third-order valence-electron chi connectivity index (χ3n) is 2.19. The Balaban J connectivity index is 4.52. The highest BCUT2D eigenvalue weighted by atomic mass is 16.5. The van der Waals surface area contributed by atoms with E-state index in [1.54, 1.807) is 0 Å². The Bertz CT molecular complexity index is 229. The molecule has 5 nitrogen and oxygen atoms in total. The highest BCUT2D eigenvalue weighted by molar-refractivity contribution is 5.85. The summed E-state index contributed by atoms with van der Waals surface area (Å²) in [5.74, 6) is -0.641. The first-order valence-corrected chi connectivity index (χ1v) is 5.06. The molecule has 0 unspecified atom stereocenters. The highest BCUT2D eigenvalue weighted by Gasteiger charge is 2.24. The second-order valence-corrected chi connectivity index (χ2v) is 3.65. The zero-order valence-corrected chi connectivity index (χ0v) is 9.82. The normalized spacial score (nSPS) is 12.4. The molecule has 0 aromatic heterocycles. The van der Waals surface area contributed by atoms with Gasteiger partial charge in [0.2, 0.25) is 5.91 Å². The van der Waals surface area contributed by atoms with Gasteiger partial charge in [-0.05, 0) is 20.3 Å². The third-order valence-corrected chi connectivity index (χ3v) is 2.19. The van der Waals surface area contributed by atoms with Gasteiger partial charge in [0, 0.05) is 6.04 Å². The summed E-state index contributed by atoms with van der Waals surface area (Å²) in [4.78, 5) is 24.3. The molecule has 2 N–H and O–H groups in total. The molecule has 15 heavy (non-hydrogen) atoms. The van der Waals surface area contributed by atoms with Crippen LogP contribution in [0.25, 0.3) is 0 Å². The topological polar surface area (TPSA) is 72.6 Å². The Labute approximate surface area is 90.6 Å². The van der Waals surface area contributed by atoms with Gasteiger partial charge < -0.3 is 15.4 Å². The summed E-state index contributed by atoms with van der Waals surface area (Å²) < 4.78 is 4.52. The minimum atomic E-state index is -0.544. The molecule has 0 heterocycles. The average Bonchev–Trinajstić information content (AvgIpc) is 2.22. The molecule has 0 saturated carbocycles. The van der Waals surface area contributed by atoms with E-state index in [9.17, 15) is 9.59 Å². The van der Waals surface area contributed by atoms with Gasteiger partial charge in [-0.2, -0.15) is 0 Å². The van der Waals surface area contributed by atoms with Crippen molar-refractivity contribution < 1.29 is 14.3 Å². The van der Waals surface area contributed by atoms with Crippen molar-refractivity contribution in [3.63, 3.8) is 0 Å². The fourth-order valence-electron chi connectivity index (χ4n) is 1.11. The molecule has 0 aliphatic carbocycles. The van der Waals surface area contributed by atoms with Crippen LogP contribution in [0.1, 0.15) is 27.2 Å². The molecule has 0 rings (SSSR count). The maximum atomic E-state index is 11.8. The van der Waals surface area contributed by atoms with E-state index in [4.69, 9.17) is 5.73 Å². The lowest BCUT2D eigenvalue weighted by Gasteiger charge is -2.27. The number of ether oxygens (including phenoxy) is 1. The zero-order valence-electron chi connectivity index (χ0n) is 9.82. The van der Waals surface area contributed by atoms with Crippen molar-refractivity contribution in [1.29, 1.82) is 0 Å². The van der Waals surface area contributed by atoms with E-state index in [0.29, 0.717) is 6.42 Å². The number of rotatable bonds is 5.